The van der Waals surface area contributed by atoms with Crippen LogP contribution in [0.1, 0.15) is 24.4 Å². The van der Waals surface area contributed by atoms with E-state index in [9.17, 15) is 8.42 Å². The molecule has 1 saturated heterocycles. The van der Waals surface area contributed by atoms with Gasteiger partial charge in [0.25, 0.3) is 0 Å². The Labute approximate surface area is 234 Å². The average molecular weight is 554 g/mol. The van der Waals surface area contributed by atoms with Crippen LogP contribution in [0.5, 0.6) is 0 Å². The number of hydrogen-bond acceptors (Lipinski definition) is 7. The predicted molar refractivity (Wildman–Crippen MR) is 156 cm³/mol. The zero-order chi connectivity index (χ0) is 27.5. The number of nitrogens with one attached hydrogen (secondary N) is 1. The Hall–Kier alpha value is -4.12. The zero-order valence-electron chi connectivity index (χ0n) is 22.3. The van der Waals surface area contributed by atoms with Gasteiger partial charge in [0, 0.05) is 50.5 Å². The van der Waals surface area contributed by atoms with Crippen LogP contribution in [0.4, 0.5) is 5.82 Å². The van der Waals surface area contributed by atoms with Crippen molar-refractivity contribution in [1.29, 1.82) is 0 Å². The van der Waals surface area contributed by atoms with E-state index in [2.05, 4.69) is 34.4 Å². The minimum absolute atomic E-state index is 0.0694. The summed E-state index contributed by atoms with van der Waals surface area (Å²) in [6.07, 6.45) is 3.52. The number of aromatic nitrogens is 4. The van der Waals surface area contributed by atoms with Gasteiger partial charge in [0.2, 0.25) is 10.0 Å². The van der Waals surface area contributed by atoms with Crippen LogP contribution in [-0.2, 0) is 16.6 Å². The largest absolute Gasteiger partial charge is 0.365 e. The molecule has 1 atom stereocenters. The molecule has 1 fully saturated rings. The van der Waals surface area contributed by atoms with Gasteiger partial charge in [-0.05, 0) is 55.0 Å². The highest BCUT2D eigenvalue weighted by Crippen LogP contribution is 2.27. The molecule has 3 heterocycles. The summed E-state index contributed by atoms with van der Waals surface area (Å²) in [5.41, 5.74) is 2.87. The molecule has 204 valence electrons. The summed E-state index contributed by atoms with van der Waals surface area (Å²) in [6, 6.07) is 26.8. The minimum atomic E-state index is -3.59. The summed E-state index contributed by atoms with van der Waals surface area (Å²) >= 11 is 0. The molecule has 0 aliphatic carbocycles. The van der Waals surface area contributed by atoms with Crippen LogP contribution >= 0.6 is 0 Å². The van der Waals surface area contributed by atoms with Gasteiger partial charge in [0.1, 0.15) is 11.6 Å². The molecular weight excluding hydrogens is 522 g/mol. The zero-order valence-corrected chi connectivity index (χ0v) is 23.1. The highest BCUT2D eigenvalue weighted by molar-refractivity contribution is 7.89. The van der Waals surface area contributed by atoms with Crippen molar-refractivity contribution in [1.82, 2.24) is 29.0 Å². The monoisotopic (exact) mass is 553 g/mol. The molecule has 0 saturated carbocycles. The van der Waals surface area contributed by atoms with Crippen LogP contribution in [0.2, 0.25) is 0 Å². The van der Waals surface area contributed by atoms with Gasteiger partial charge in [-0.1, -0.05) is 42.5 Å². The Kier molecular flexibility index (Phi) is 7.29. The molecule has 10 heteroatoms. The lowest BCUT2D eigenvalue weighted by atomic mass is 10.2. The molecule has 0 radical (unpaired) electrons. The first kappa shape index (κ1) is 26.1. The fraction of sp³-hybridized carbons (Fsp3) is 0.233. The molecule has 1 N–H and O–H groups in total. The standard InChI is InChI=1S/C30H31N7O2S/c1-23(29-33-28-11-6-5-10-27(28)30(34-29)31-22-24-8-3-2-4-9-24)35-18-20-36(21-19-35)40(38,39)26-14-12-25(13-15-26)37-17-7-16-32-37/h2-17,23H,18-22H2,1H3,(H,31,33,34). The second kappa shape index (κ2) is 11.2. The number of rotatable bonds is 8. The van der Waals surface area contributed by atoms with Gasteiger partial charge < -0.3 is 5.32 Å². The van der Waals surface area contributed by atoms with Crippen LogP contribution in [0, 0.1) is 0 Å². The van der Waals surface area contributed by atoms with E-state index in [1.807, 2.05) is 54.7 Å². The number of para-hydroxylation sites is 1. The quantitative estimate of drug-likeness (QED) is 0.302. The van der Waals surface area contributed by atoms with Crippen molar-refractivity contribution in [3.63, 3.8) is 0 Å². The summed E-state index contributed by atoms with van der Waals surface area (Å²) in [5.74, 6) is 1.52. The maximum Gasteiger partial charge on any atom is 0.243 e. The number of anilines is 1. The third-order valence-corrected chi connectivity index (χ3v) is 9.27. The molecule has 0 bridgehead atoms. The van der Waals surface area contributed by atoms with Crippen molar-refractivity contribution >= 4 is 26.7 Å². The Morgan fingerprint density at radius 3 is 2.30 bits per heavy atom. The molecule has 6 rings (SSSR count). The summed E-state index contributed by atoms with van der Waals surface area (Å²) in [5, 5.41) is 8.67. The maximum absolute atomic E-state index is 13.4. The summed E-state index contributed by atoms with van der Waals surface area (Å²) in [4.78, 5) is 12.3. The highest BCUT2D eigenvalue weighted by Gasteiger charge is 2.31. The fourth-order valence-corrected chi connectivity index (χ4v) is 6.46. The SMILES string of the molecule is CC(c1nc(NCc2ccccc2)c2ccccc2n1)N1CCN(S(=O)(=O)c2ccc(-n3cccn3)cc2)CC1. The number of fused-ring (bicyclic) bond motifs is 1. The van der Waals surface area contributed by atoms with E-state index in [-0.39, 0.29) is 10.9 Å². The van der Waals surface area contributed by atoms with Crippen molar-refractivity contribution in [3.8, 4) is 5.69 Å². The van der Waals surface area contributed by atoms with Crippen molar-refractivity contribution in [3.05, 3.63) is 109 Å². The van der Waals surface area contributed by atoms with Crippen LogP contribution in [0.15, 0.2) is 102 Å². The van der Waals surface area contributed by atoms with Crippen LogP contribution in [0.25, 0.3) is 16.6 Å². The topological polar surface area (TPSA) is 96.3 Å². The predicted octanol–water partition coefficient (Wildman–Crippen LogP) is 4.50. The molecule has 1 unspecified atom stereocenters. The Balaban J connectivity index is 1.15. The van der Waals surface area contributed by atoms with E-state index >= 15 is 0 Å². The molecule has 9 nitrogen and oxygen atoms in total. The third-order valence-electron chi connectivity index (χ3n) is 7.36. The lowest BCUT2D eigenvalue weighted by Gasteiger charge is -2.36. The number of nitrogens with zero attached hydrogens (tertiary/aromatic N) is 6. The van der Waals surface area contributed by atoms with Crippen LogP contribution in [-0.4, -0.2) is 63.6 Å². The minimum Gasteiger partial charge on any atom is -0.365 e. The molecule has 1 aliphatic rings. The second-order valence-electron chi connectivity index (χ2n) is 9.85. The van der Waals surface area contributed by atoms with Gasteiger partial charge in [-0.2, -0.15) is 9.40 Å². The lowest BCUT2D eigenvalue weighted by molar-refractivity contribution is 0.141. The normalized spacial score (nSPS) is 15.7. The van der Waals surface area contributed by atoms with Gasteiger partial charge in [-0.25, -0.2) is 23.1 Å². The van der Waals surface area contributed by atoms with E-state index in [4.69, 9.17) is 9.97 Å². The third kappa shape index (κ3) is 5.33. The Morgan fingerprint density at radius 2 is 1.57 bits per heavy atom. The molecule has 5 aromatic rings. The number of benzene rings is 3. The average Bonchev–Trinajstić information content (AvgIpc) is 3.55. The first-order chi connectivity index (χ1) is 19.5. The first-order valence-corrected chi connectivity index (χ1v) is 14.8. The van der Waals surface area contributed by atoms with E-state index < -0.39 is 10.0 Å². The fourth-order valence-electron chi connectivity index (χ4n) is 5.03. The molecule has 2 aromatic heterocycles. The van der Waals surface area contributed by atoms with Crippen LogP contribution < -0.4 is 5.32 Å². The summed E-state index contributed by atoms with van der Waals surface area (Å²) in [7, 11) is -3.59. The Morgan fingerprint density at radius 1 is 0.850 bits per heavy atom. The number of piperazine rings is 1. The Bertz CT molecular complexity index is 1680. The van der Waals surface area contributed by atoms with E-state index in [0.29, 0.717) is 32.7 Å². The van der Waals surface area contributed by atoms with Crippen molar-refractivity contribution in [2.45, 2.75) is 24.4 Å². The number of sulfonamides is 1. The van der Waals surface area contributed by atoms with Crippen molar-refractivity contribution in [2.24, 2.45) is 0 Å². The highest BCUT2D eigenvalue weighted by atomic mass is 32.2. The maximum atomic E-state index is 13.4. The molecular formula is C30H31N7O2S. The van der Waals surface area contributed by atoms with Gasteiger partial charge in [0.15, 0.2) is 0 Å². The van der Waals surface area contributed by atoms with Gasteiger partial charge in [0.05, 0.1) is 22.1 Å². The van der Waals surface area contributed by atoms with E-state index in [1.54, 1.807) is 39.4 Å². The summed E-state index contributed by atoms with van der Waals surface area (Å²) < 4.78 is 30.0. The van der Waals surface area contributed by atoms with Gasteiger partial charge in [-0.3, -0.25) is 4.90 Å². The molecule has 1 aliphatic heterocycles. The first-order valence-electron chi connectivity index (χ1n) is 13.4. The van der Waals surface area contributed by atoms with Gasteiger partial charge >= 0.3 is 0 Å². The van der Waals surface area contributed by atoms with E-state index in [1.165, 1.54) is 5.56 Å². The second-order valence-corrected chi connectivity index (χ2v) is 11.8. The molecule has 0 spiro atoms. The number of hydrogen-bond donors (Lipinski definition) is 1. The molecule has 40 heavy (non-hydrogen) atoms. The molecule has 3 aromatic carbocycles. The van der Waals surface area contributed by atoms with Crippen molar-refractivity contribution < 1.29 is 8.42 Å². The summed E-state index contributed by atoms with van der Waals surface area (Å²) in [6.45, 7) is 4.74. The van der Waals surface area contributed by atoms with E-state index in [0.717, 1.165) is 28.2 Å². The smallest absolute Gasteiger partial charge is 0.243 e. The molecule has 0 amide bonds. The van der Waals surface area contributed by atoms with Crippen molar-refractivity contribution in [2.75, 3.05) is 31.5 Å². The lowest BCUT2D eigenvalue weighted by Crippen LogP contribution is -2.49. The van der Waals surface area contributed by atoms with Crippen LogP contribution in [0.3, 0.4) is 0 Å². The van der Waals surface area contributed by atoms with Gasteiger partial charge in [-0.15, -0.1) is 0 Å².